The molecule has 1 fully saturated rings. The Bertz CT molecular complexity index is 891. The molecule has 1 amide bonds. The largest absolute Gasteiger partial charge is 0.370 e. The fraction of sp³-hybridized carbons (Fsp3) is 0.294. The maximum Gasteiger partial charge on any atom is 0.259 e. The number of ether oxygens (including phenoxy) is 1. The summed E-state index contributed by atoms with van der Waals surface area (Å²) in [6.07, 6.45) is 6.64. The van der Waals surface area contributed by atoms with Crippen LogP contribution in [0.25, 0.3) is 5.65 Å². The van der Waals surface area contributed by atoms with E-state index in [2.05, 4.69) is 15.1 Å². The monoisotopic (exact) mass is 323 g/mol. The quantitative estimate of drug-likeness (QED) is 0.717. The van der Waals surface area contributed by atoms with Gasteiger partial charge in [-0.2, -0.15) is 5.10 Å². The molecule has 0 aromatic carbocycles. The number of amides is 1. The van der Waals surface area contributed by atoms with Crippen LogP contribution in [0.1, 0.15) is 27.7 Å². The molecule has 4 heterocycles. The summed E-state index contributed by atoms with van der Waals surface area (Å²) < 4.78 is 7.45. The highest BCUT2D eigenvalue weighted by Gasteiger charge is 2.28. The van der Waals surface area contributed by atoms with Gasteiger partial charge in [-0.15, -0.1) is 0 Å². The van der Waals surface area contributed by atoms with Gasteiger partial charge in [-0.05, 0) is 30.7 Å². The van der Waals surface area contributed by atoms with E-state index in [1.165, 1.54) is 0 Å². The summed E-state index contributed by atoms with van der Waals surface area (Å²) >= 11 is 0. The van der Waals surface area contributed by atoms with Gasteiger partial charge in [0, 0.05) is 30.8 Å². The van der Waals surface area contributed by atoms with Gasteiger partial charge in [0.05, 0.1) is 19.3 Å². The first-order chi connectivity index (χ1) is 11.7. The lowest BCUT2D eigenvalue weighted by Crippen LogP contribution is -2.42. The number of hydrogen-bond donors (Lipinski definition) is 0. The number of fused-ring (bicyclic) bond motifs is 1. The zero-order valence-electron chi connectivity index (χ0n) is 13.3. The third-order valence-corrected chi connectivity index (χ3v) is 4.16. The molecule has 7 nitrogen and oxygen atoms in total. The molecule has 0 radical (unpaired) electrons. The summed E-state index contributed by atoms with van der Waals surface area (Å²) in [5.74, 6) is -0.0669. The average Bonchev–Trinajstić information content (AvgIpc) is 3.05. The lowest BCUT2D eigenvalue weighted by molar-refractivity contribution is -0.0228. The third-order valence-electron chi connectivity index (χ3n) is 4.16. The Morgan fingerprint density at radius 3 is 3.12 bits per heavy atom. The van der Waals surface area contributed by atoms with Crippen LogP contribution in [0.2, 0.25) is 0 Å². The van der Waals surface area contributed by atoms with Gasteiger partial charge in [0.2, 0.25) is 0 Å². The van der Waals surface area contributed by atoms with Crippen LogP contribution in [-0.4, -0.2) is 50.1 Å². The fourth-order valence-electron chi connectivity index (χ4n) is 2.95. The molecule has 1 aliphatic rings. The van der Waals surface area contributed by atoms with E-state index >= 15 is 0 Å². The molecular weight excluding hydrogens is 306 g/mol. The predicted molar refractivity (Wildman–Crippen MR) is 86.6 cm³/mol. The number of aromatic nitrogens is 4. The van der Waals surface area contributed by atoms with Crippen LogP contribution < -0.4 is 0 Å². The molecule has 1 atom stereocenters. The molecule has 3 aromatic rings. The predicted octanol–water partition coefficient (Wildman–Crippen LogP) is 1.65. The Kier molecular flexibility index (Phi) is 3.70. The van der Waals surface area contributed by atoms with Crippen molar-refractivity contribution in [1.82, 2.24) is 24.5 Å². The van der Waals surface area contributed by atoms with E-state index in [1.54, 1.807) is 40.3 Å². The molecule has 24 heavy (non-hydrogen) atoms. The van der Waals surface area contributed by atoms with Crippen LogP contribution in [0.4, 0.5) is 0 Å². The molecule has 7 heteroatoms. The number of carbonyl (C=O) groups is 1. The first kappa shape index (κ1) is 14.8. The molecule has 122 valence electrons. The van der Waals surface area contributed by atoms with Gasteiger partial charge >= 0.3 is 0 Å². The van der Waals surface area contributed by atoms with Crippen LogP contribution in [0, 0.1) is 6.92 Å². The zero-order chi connectivity index (χ0) is 16.5. The van der Waals surface area contributed by atoms with E-state index in [1.807, 2.05) is 19.1 Å². The summed E-state index contributed by atoms with van der Waals surface area (Å²) in [6.45, 7) is 3.51. The highest BCUT2D eigenvalue weighted by Crippen LogP contribution is 2.24. The van der Waals surface area contributed by atoms with Gasteiger partial charge in [0.15, 0.2) is 5.65 Å². The summed E-state index contributed by atoms with van der Waals surface area (Å²) in [7, 11) is 0. The van der Waals surface area contributed by atoms with E-state index in [0.717, 1.165) is 11.3 Å². The van der Waals surface area contributed by atoms with Crippen molar-refractivity contribution >= 4 is 11.6 Å². The molecule has 1 saturated heterocycles. The maximum atomic E-state index is 12.9. The van der Waals surface area contributed by atoms with Gasteiger partial charge in [-0.1, -0.05) is 0 Å². The van der Waals surface area contributed by atoms with Crippen molar-refractivity contribution in [1.29, 1.82) is 0 Å². The van der Waals surface area contributed by atoms with Crippen LogP contribution >= 0.6 is 0 Å². The third kappa shape index (κ3) is 2.63. The summed E-state index contributed by atoms with van der Waals surface area (Å²) in [6, 6.07) is 5.71. The normalized spacial score (nSPS) is 18.0. The first-order valence-corrected chi connectivity index (χ1v) is 7.84. The lowest BCUT2D eigenvalue weighted by atomic mass is 10.1. The molecule has 0 saturated carbocycles. The second-order valence-electron chi connectivity index (χ2n) is 5.79. The maximum absolute atomic E-state index is 12.9. The average molecular weight is 323 g/mol. The van der Waals surface area contributed by atoms with E-state index in [-0.39, 0.29) is 12.0 Å². The molecule has 4 rings (SSSR count). The number of carbonyl (C=O) groups excluding carboxylic acids is 1. The topological polar surface area (TPSA) is 72.6 Å². The number of morpholine rings is 1. The van der Waals surface area contributed by atoms with E-state index in [9.17, 15) is 4.79 Å². The molecule has 3 aromatic heterocycles. The minimum atomic E-state index is -0.140. The summed E-state index contributed by atoms with van der Waals surface area (Å²) in [4.78, 5) is 23.2. The van der Waals surface area contributed by atoms with Gasteiger partial charge in [0.25, 0.3) is 5.91 Å². The van der Waals surface area contributed by atoms with Crippen molar-refractivity contribution in [2.24, 2.45) is 0 Å². The van der Waals surface area contributed by atoms with Gasteiger partial charge in [0.1, 0.15) is 11.7 Å². The van der Waals surface area contributed by atoms with Crippen molar-refractivity contribution < 1.29 is 9.53 Å². The summed E-state index contributed by atoms with van der Waals surface area (Å²) in [5.41, 5.74) is 3.07. The van der Waals surface area contributed by atoms with Crippen LogP contribution in [0.3, 0.4) is 0 Å². The SMILES string of the molecule is Cc1cc([C@H]2CN(C(=O)c3cnn4cccnc34)CCO2)ccn1. The smallest absolute Gasteiger partial charge is 0.259 e. The molecule has 0 bridgehead atoms. The van der Waals surface area contributed by atoms with Gasteiger partial charge in [-0.25, -0.2) is 9.50 Å². The van der Waals surface area contributed by atoms with Crippen LogP contribution in [-0.2, 0) is 4.74 Å². The Morgan fingerprint density at radius 1 is 1.33 bits per heavy atom. The summed E-state index contributed by atoms with van der Waals surface area (Å²) in [5, 5.41) is 4.19. The number of pyridine rings is 1. The molecule has 0 unspecified atom stereocenters. The highest BCUT2D eigenvalue weighted by molar-refractivity contribution is 5.99. The second-order valence-corrected chi connectivity index (χ2v) is 5.79. The van der Waals surface area contributed by atoms with Crippen molar-refractivity contribution in [3.8, 4) is 0 Å². The van der Waals surface area contributed by atoms with E-state index < -0.39 is 0 Å². The Morgan fingerprint density at radius 2 is 2.25 bits per heavy atom. The van der Waals surface area contributed by atoms with Crippen molar-refractivity contribution in [3.05, 3.63) is 59.8 Å². The lowest BCUT2D eigenvalue weighted by Gasteiger charge is -2.33. The van der Waals surface area contributed by atoms with Crippen molar-refractivity contribution in [2.75, 3.05) is 19.7 Å². The Balaban J connectivity index is 1.58. The van der Waals surface area contributed by atoms with E-state index in [0.29, 0.717) is 30.9 Å². The van der Waals surface area contributed by atoms with Gasteiger partial charge in [-0.3, -0.25) is 9.78 Å². The zero-order valence-corrected chi connectivity index (χ0v) is 13.3. The molecular formula is C17H17N5O2. The van der Waals surface area contributed by atoms with Crippen LogP contribution in [0.15, 0.2) is 43.0 Å². The minimum absolute atomic E-state index is 0.0669. The number of nitrogens with zero attached hydrogens (tertiary/aromatic N) is 5. The number of aryl methyl sites for hydroxylation is 1. The second kappa shape index (κ2) is 6.01. The number of hydrogen-bond acceptors (Lipinski definition) is 5. The molecule has 0 N–H and O–H groups in total. The molecule has 1 aliphatic heterocycles. The highest BCUT2D eigenvalue weighted by atomic mass is 16.5. The Labute approximate surface area is 138 Å². The van der Waals surface area contributed by atoms with Crippen molar-refractivity contribution in [3.63, 3.8) is 0 Å². The number of rotatable bonds is 2. The van der Waals surface area contributed by atoms with Crippen LogP contribution in [0.5, 0.6) is 0 Å². The fourth-order valence-corrected chi connectivity index (χ4v) is 2.95. The van der Waals surface area contributed by atoms with Gasteiger partial charge < -0.3 is 9.64 Å². The van der Waals surface area contributed by atoms with Crippen molar-refractivity contribution in [2.45, 2.75) is 13.0 Å². The Hall–Kier alpha value is -2.80. The first-order valence-electron chi connectivity index (χ1n) is 7.84. The van der Waals surface area contributed by atoms with E-state index in [4.69, 9.17) is 4.74 Å². The standard InChI is InChI=1S/C17H17N5O2/c1-12-9-13(3-5-18-12)15-11-21(7-8-24-15)17(23)14-10-20-22-6-2-4-19-16(14)22/h2-6,9-10,15H,7-8,11H2,1H3/t15-/m1/s1. The minimum Gasteiger partial charge on any atom is -0.370 e. The molecule has 0 aliphatic carbocycles. The molecule has 0 spiro atoms.